The maximum absolute atomic E-state index is 9.12. The van der Waals surface area contributed by atoms with Crippen LogP contribution in [0.4, 0.5) is 17.1 Å². The van der Waals surface area contributed by atoms with Crippen LogP contribution in [0.25, 0.3) is 16.5 Å². The number of allylic oxidation sites excluding steroid dienone is 1. The van der Waals surface area contributed by atoms with Gasteiger partial charge in [-0.15, -0.1) is 11.3 Å². The Morgan fingerprint density at radius 2 is 1.39 bits per heavy atom. The zero-order valence-corrected chi connectivity index (χ0v) is 19.2. The predicted octanol–water partition coefficient (Wildman–Crippen LogP) is 7.95. The van der Waals surface area contributed by atoms with Crippen molar-refractivity contribution in [3.05, 3.63) is 107 Å². The Bertz CT molecular complexity index is 1390. The molecule has 0 unspecified atom stereocenters. The Hall–Kier alpha value is -4.12. The van der Waals surface area contributed by atoms with Crippen LogP contribution in [0.5, 0.6) is 0 Å². The summed E-state index contributed by atoms with van der Waals surface area (Å²) in [5.74, 6) is 0. The molecular weight excluding hydrogens is 422 g/mol. The van der Waals surface area contributed by atoms with Gasteiger partial charge in [0.1, 0.15) is 17.7 Å². The molecule has 0 bridgehead atoms. The summed E-state index contributed by atoms with van der Waals surface area (Å²) in [6.07, 6.45) is 1.68. The first-order chi connectivity index (χ1) is 16.0. The fourth-order valence-electron chi connectivity index (χ4n) is 4.51. The van der Waals surface area contributed by atoms with Crippen molar-refractivity contribution >= 4 is 34.5 Å². The number of benzene rings is 3. The molecule has 0 saturated heterocycles. The number of para-hydroxylation sites is 2. The lowest BCUT2D eigenvalue weighted by Crippen LogP contribution is -2.16. The van der Waals surface area contributed by atoms with E-state index < -0.39 is 0 Å². The van der Waals surface area contributed by atoms with Gasteiger partial charge in [0.2, 0.25) is 0 Å². The molecule has 158 valence electrons. The van der Waals surface area contributed by atoms with E-state index in [4.69, 9.17) is 10.5 Å². The highest BCUT2D eigenvalue weighted by molar-refractivity contribution is 7.16. The zero-order chi connectivity index (χ0) is 23.0. The Balaban J connectivity index is 1.63. The molecule has 0 saturated carbocycles. The monoisotopic (exact) mass is 443 g/mol. The van der Waals surface area contributed by atoms with Gasteiger partial charge in [0.15, 0.2) is 0 Å². The maximum atomic E-state index is 9.12. The molecule has 1 aliphatic rings. The fourth-order valence-corrected chi connectivity index (χ4v) is 5.81. The number of rotatable bonds is 4. The molecule has 4 aromatic rings. The first kappa shape index (κ1) is 20.8. The molecule has 3 aromatic carbocycles. The lowest BCUT2D eigenvalue weighted by Gasteiger charge is -2.28. The molecule has 0 atom stereocenters. The molecule has 1 aromatic heterocycles. The van der Waals surface area contributed by atoms with Gasteiger partial charge in [0.25, 0.3) is 0 Å². The van der Waals surface area contributed by atoms with Gasteiger partial charge < -0.3 is 4.90 Å². The number of fused-ring (bicyclic) bond motifs is 3. The zero-order valence-electron chi connectivity index (χ0n) is 18.4. The van der Waals surface area contributed by atoms with Crippen LogP contribution >= 0.6 is 11.3 Å². The van der Waals surface area contributed by atoms with Gasteiger partial charge in [-0.3, -0.25) is 0 Å². The van der Waals surface area contributed by atoms with E-state index in [2.05, 4.69) is 91.5 Å². The van der Waals surface area contributed by atoms with E-state index in [1.807, 2.05) is 24.3 Å². The average molecular weight is 444 g/mol. The highest BCUT2D eigenvalue weighted by atomic mass is 32.1. The molecule has 0 amide bonds. The van der Waals surface area contributed by atoms with Crippen LogP contribution < -0.4 is 4.90 Å². The number of hydrogen-bond acceptors (Lipinski definition) is 4. The van der Waals surface area contributed by atoms with Crippen LogP contribution in [-0.2, 0) is 5.41 Å². The Labute approximate surface area is 198 Å². The van der Waals surface area contributed by atoms with E-state index in [0.717, 1.165) is 21.9 Å². The predicted molar refractivity (Wildman–Crippen MR) is 136 cm³/mol. The average Bonchev–Trinajstić information content (AvgIpc) is 3.36. The van der Waals surface area contributed by atoms with Crippen molar-refractivity contribution in [3.63, 3.8) is 0 Å². The van der Waals surface area contributed by atoms with Gasteiger partial charge in [-0.25, -0.2) is 0 Å². The summed E-state index contributed by atoms with van der Waals surface area (Å²) >= 11 is 1.64. The third-order valence-corrected chi connectivity index (χ3v) is 7.28. The number of hydrogen-bond donors (Lipinski definition) is 0. The standard InChI is InChI=1S/C29H21N3S/c1-29(2)26-16-23(32(21-9-5-3-6-10-21)22-11-7-4-8-12-22)13-14-25(26)28-27(29)17-24(33-28)15-20(18-30)19-31/h3-17H,1-2H3. The second-order valence-corrected chi connectivity index (χ2v) is 9.62. The second-order valence-electron chi connectivity index (χ2n) is 8.53. The Morgan fingerprint density at radius 3 is 1.97 bits per heavy atom. The quantitative estimate of drug-likeness (QED) is 0.301. The van der Waals surface area contributed by atoms with Crippen LogP contribution in [0, 0.1) is 22.7 Å². The highest BCUT2D eigenvalue weighted by Gasteiger charge is 2.37. The third-order valence-electron chi connectivity index (χ3n) is 6.16. The molecule has 1 aliphatic carbocycles. The van der Waals surface area contributed by atoms with Crippen LogP contribution in [0.1, 0.15) is 29.9 Å². The molecule has 0 fully saturated rings. The number of thiophene rings is 1. The lowest BCUT2D eigenvalue weighted by atomic mass is 9.82. The summed E-state index contributed by atoms with van der Waals surface area (Å²) in [7, 11) is 0. The van der Waals surface area contributed by atoms with Gasteiger partial charge >= 0.3 is 0 Å². The molecule has 0 radical (unpaired) electrons. The number of nitriles is 2. The van der Waals surface area contributed by atoms with Crippen LogP contribution in [0.3, 0.4) is 0 Å². The third kappa shape index (κ3) is 3.52. The molecule has 1 heterocycles. The van der Waals surface area contributed by atoms with E-state index in [1.165, 1.54) is 21.6 Å². The van der Waals surface area contributed by atoms with Gasteiger partial charge in [-0.2, -0.15) is 10.5 Å². The number of anilines is 3. The van der Waals surface area contributed by atoms with Crippen molar-refractivity contribution in [2.24, 2.45) is 0 Å². The lowest BCUT2D eigenvalue weighted by molar-refractivity contribution is 0.662. The molecule has 3 nitrogen and oxygen atoms in total. The minimum atomic E-state index is -0.179. The summed E-state index contributed by atoms with van der Waals surface area (Å²) in [4.78, 5) is 4.44. The largest absolute Gasteiger partial charge is 0.310 e. The highest BCUT2D eigenvalue weighted by Crippen LogP contribution is 2.54. The van der Waals surface area contributed by atoms with Crippen LogP contribution in [-0.4, -0.2) is 0 Å². The van der Waals surface area contributed by atoms with Gasteiger partial charge in [-0.05, 0) is 65.2 Å². The topological polar surface area (TPSA) is 50.8 Å². The minimum Gasteiger partial charge on any atom is -0.310 e. The summed E-state index contributed by atoms with van der Waals surface area (Å²) in [6.45, 7) is 4.49. The molecule has 0 N–H and O–H groups in total. The molecule has 33 heavy (non-hydrogen) atoms. The smallest absolute Gasteiger partial charge is 0.131 e. The van der Waals surface area contributed by atoms with Crippen molar-refractivity contribution < 1.29 is 0 Å². The molecule has 0 spiro atoms. The Morgan fingerprint density at radius 1 is 0.788 bits per heavy atom. The molecule has 0 aliphatic heterocycles. The number of nitrogens with zero attached hydrogens (tertiary/aromatic N) is 3. The normalized spacial score (nSPS) is 12.7. The molecule has 5 rings (SSSR count). The van der Waals surface area contributed by atoms with E-state index in [0.29, 0.717) is 0 Å². The van der Waals surface area contributed by atoms with Crippen molar-refractivity contribution in [2.75, 3.05) is 4.90 Å². The minimum absolute atomic E-state index is 0.129. The molecular formula is C29H21N3S. The van der Waals surface area contributed by atoms with Crippen molar-refractivity contribution in [2.45, 2.75) is 19.3 Å². The summed E-state index contributed by atoms with van der Waals surface area (Å²) in [6, 6.07) is 33.5. The first-order valence-electron chi connectivity index (χ1n) is 10.7. The van der Waals surface area contributed by atoms with E-state index >= 15 is 0 Å². The fraction of sp³-hybridized carbons (Fsp3) is 0.103. The first-order valence-corrected chi connectivity index (χ1v) is 11.6. The maximum Gasteiger partial charge on any atom is 0.131 e. The van der Waals surface area contributed by atoms with Gasteiger partial charge in [0.05, 0.1) is 0 Å². The Kier molecular flexibility index (Phi) is 5.09. The van der Waals surface area contributed by atoms with Gasteiger partial charge in [0, 0.05) is 32.2 Å². The van der Waals surface area contributed by atoms with E-state index in [9.17, 15) is 0 Å². The second kappa shape index (κ2) is 8.10. The van der Waals surface area contributed by atoms with Crippen molar-refractivity contribution in [1.29, 1.82) is 10.5 Å². The van der Waals surface area contributed by atoms with E-state index in [-0.39, 0.29) is 11.0 Å². The van der Waals surface area contributed by atoms with E-state index in [1.54, 1.807) is 17.4 Å². The van der Waals surface area contributed by atoms with Crippen LogP contribution in [0.15, 0.2) is 90.5 Å². The van der Waals surface area contributed by atoms with Crippen molar-refractivity contribution in [3.8, 4) is 22.6 Å². The van der Waals surface area contributed by atoms with Crippen molar-refractivity contribution in [1.82, 2.24) is 0 Å². The summed E-state index contributed by atoms with van der Waals surface area (Å²) in [5, 5.41) is 18.2. The van der Waals surface area contributed by atoms with Crippen LogP contribution in [0.2, 0.25) is 0 Å². The summed E-state index contributed by atoms with van der Waals surface area (Å²) < 4.78 is 0. The summed E-state index contributed by atoms with van der Waals surface area (Å²) in [5.41, 5.74) is 7.04. The van der Waals surface area contributed by atoms with Gasteiger partial charge in [-0.1, -0.05) is 56.3 Å². The SMILES string of the molecule is CC1(C)c2cc(N(c3ccccc3)c3ccccc3)ccc2-c2sc(C=C(C#N)C#N)cc21. The molecule has 4 heteroatoms.